The van der Waals surface area contributed by atoms with Gasteiger partial charge in [0.05, 0.1) is 18.0 Å². The van der Waals surface area contributed by atoms with Crippen LogP contribution in [-0.4, -0.2) is 26.6 Å². The summed E-state index contributed by atoms with van der Waals surface area (Å²) in [6, 6.07) is 11.2. The van der Waals surface area contributed by atoms with E-state index in [-0.39, 0.29) is 24.1 Å². The molecule has 0 heterocycles. The van der Waals surface area contributed by atoms with Gasteiger partial charge < -0.3 is 5.32 Å². The number of aryl methyl sites for hydroxylation is 1. The van der Waals surface area contributed by atoms with E-state index in [1.165, 1.54) is 23.8 Å². The molecule has 0 saturated heterocycles. The Balaban J connectivity index is 2.32. The van der Waals surface area contributed by atoms with Crippen molar-refractivity contribution in [3.05, 3.63) is 63.6 Å². The van der Waals surface area contributed by atoms with Gasteiger partial charge in [-0.3, -0.25) is 9.10 Å². The van der Waals surface area contributed by atoms with E-state index in [0.29, 0.717) is 10.0 Å². The molecule has 29 heavy (non-hydrogen) atoms. The average molecular weight is 457 g/mol. The second kappa shape index (κ2) is 9.83. The minimum absolute atomic E-state index is 0.256. The average Bonchev–Trinajstić information content (AvgIpc) is 2.63. The lowest BCUT2D eigenvalue weighted by Crippen LogP contribution is -2.49. The minimum atomic E-state index is -3.76. The molecule has 158 valence electrons. The van der Waals surface area contributed by atoms with Crippen LogP contribution in [0.15, 0.2) is 42.5 Å². The number of sulfonamides is 1. The molecule has 0 aliphatic heterocycles. The van der Waals surface area contributed by atoms with Crippen LogP contribution in [0.1, 0.15) is 44.4 Å². The number of hydrogen-bond acceptors (Lipinski definition) is 3. The number of nitrogens with zero attached hydrogens (tertiary/aromatic N) is 1. The molecular formula is C21H26Cl2N2O3S. The SMILES string of the molecule is CCc1ccc([C@H](C)NC(=O)[C@H](CC)N(c2cc(Cl)cc(Cl)c2)S(C)(=O)=O)cc1. The lowest BCUT2D eigenvalue weighted by atomic mass is 10.0. The van der Waals surface area contributed by atoms with E-state index < -0.39 is 16.1 Å². The molecule has 0 unspecified atom stereocenters. The molecule has 0 radical (unpaired) electrons. The van der Waals surface area contributed by atoms with Gasteiger partial charge in [-0.1, -0.05) is 61.3 Å². The third-order valence-corrected chi connectivity index (χ3v) is 6.29. The summed E-state index contributed by atoms with van der Waals surface area (Å²) >= 11 is 12.1. The zero-order valence-corrected chi connectivity index (χ0v) is 19.3. The molecule has 0 aliphatic carbocycles. The summed E-state index contributed by atoms with van der Waals surface area (Å²) in [6.07, 6.45) is 2.28. The summed E-state index contributed by atoms with van der Waals surface area (Å²) in [5.74, 6) is -0.388. The van der Waals surface area contributed by atoms with E-state index in [9.17, 15) is 13.2 Å². The predicted octanol–water partition coefficient (Wildman–Crippen LogP) is 4.98. The first kappa shape index (κ1) is 23.5. The van der Waals surface area contributed by atoms with Gasteiger partial charge in [-0.15, -0.1) is 0 Å². The Hall–Kier alpha value is -1.76. The smallest absolute Gasteiger partial charge is 0.244 e. The lowest BCUT2D eigenvalue weighted by molar-refractivity contribution is -0.122. The second-order valence-corrected chi connectivity index (χ2v) is 9.67. The fraction of sp³-hybridized carbons (Fsp3) is 0.381. The minimum Gasteiger partial charge on any atom is -0.348 e. The maximum absolute atomic E-state index is 13.0. The van der Waals surface area contributed by atoms with Crippen LogP contribution in [0.25, 0.3) is 0 Å². The molecule has 0 bridgehead atoms. The first-order valence-corrected chi connectivity index (χ1v) is 12.0. The fourth-order valence-corrected chi connectivity index (χ4v) is 4.87. The zero-order valence-electron chi connectivity index (χ0n) is 16.9. The lowest BCUT2D eigenvalue weighted by Gasteiger charge is -2.31. The molecule has 0 aromatic heterocycles. The predicted molar refractivity (Wildman–Crippen MR) is 120 cm³/mol. The number of rotatable bonds is 8. The zero-order chi connectivity index (χ0) is 21.8. The van der Waals surface area contributed by atoms with Crippen molar-refractivity contribution < 1.29 is 13.2 Å². The molecule has 8 heteroatoms. The van der Waals surface area contributed by atoms with Gasteiger partial charge in [0.15, 0.2) is 0 Å². The summed E-state index contributed by atoms with van der Waals surface area (Å²) in [6.45, 7) is 5.70. The molecule has 1 amide bonds. The molecule has 0 aliphatic rings. The number of nitrogens with one attached hydrogen (secondary N) is 1. The standard InChI is InChI=1S/C21H26Cl2N2O3S/c1-5-15-7-9-16(10-8-15)14(3)24-21(26)20(6-2)25(29(4,27)28)19-12-17(22)11-18(23)13-19/h7-14,20H,5-6H2,1-4H3,(H,24,26)/t14-,20-/m0/s1. The van der Waals surface area contributed by atoms with Crippen LogP contribution in [0.4, 0.5) is 5.69 Å². The van der Waals surface area contributed by atoms with Crippen molar-refractivity contribution in [3.8, 4) is 0 Å². The molecule has 2 aromatic rings. The number of carbonyl (C=O) groups excluding carboxylic acids is 1. The Morgan fingerprint density at radius 1 is 1.07 bits per heavy atom. The van der Waals surface area contributed by atoms with Crippen LogP contribution in [0.2, 0.25) is 10.0 Å². The maximum atomic E-state index is 13.0. The van der Waals surface area contributed by atoms with Crippen molar-refractivity contribution in [2.24, 2.45) is 0 Å². The van der Waals surface area contributed by atoms with Gasteiger partial charge in [0.25, 0.3) is 0 Å². The molecule has 2 rings (SSSR count). The molecule has 2 atom stereocenters. The maximum Gasteiger partial charge on any atom is 0.244 e. The van der Waals surface area contributed by atoms with Crippen LogP contribution < -0.4 is 9.62 Å². The third-order valence-electron chi connectivity index (χ3n) is 4.68. The Bertz CT molecular complexity index is 942. The number of amides is 1. The van der Waals surface area contributed by atoms with Crippen molar-refractivity contribution >= 4 is 44.8 Å². The molecule has 1 N–H and O–H groups in total. The van der Waals surface area contributed by atoms with E-state index in [1.807, 2.05) is 31.2 Å². The first-order valence-electron chi connectivity index (χ1n) is 9.41. The van der Waals surface area contributed by atoms with Crippen molar-refractivity contribution in [1.82, 2.24) is 5.32 Å². The van der Waals surface area contributed by atoms with Gasteiger partial charge in [0.1, 0.15) is 6.04 Å². The quantitative estimate of drug-likeness (QED) is 0.608. The summed E-state index contributed by atoms with van der Waals surface area (Å²) in [4.78, 5) is 13.0. The Morgan fingerprint density at radius 3 is 2.07 bits per heavy atom. The van der Waals surface area contributed by atoms with Gasteiger partial charge in [-0.05, 0) is 49.1 Å². The second-order valence-electron chi connectivity index (χ2n) is 6.94. The highest BCUT2D eigenvalue weighted by Crippen LogP contribution is 2.29. The van der Waals surface area contributed by atoms with E-state index in [1.54, 1.807) is 6.92 Å². The van der Waals surface area contributed by atoms with Gasteiger partial charge in [0.2, 0.25) is 15.9 Å². The highest BCUT2D eigenvalue weighted by molar-refractivity contribution is 7.92. The van der Waals surface area contributed by atoms with Gasteiger partial charge in [-0.2, -0.15) is 0 Å². The Kier molecular flexibility index (Phi) is 7.97. The summed E-state index contributed by atoms with van der Waals surface area (Å²) in [5, 5.41) is 3.51. The van der Waals surface area contributed by atoms with E-state index in [2.05, 4.69) is 12.2 Å². The van der Waals surface area contributed by atoms with Crippen LogP contribution >= 0.6 is 23.2 Å². The summed E-state index contributed by atoms with van der Waals surface area (Å²) in [7, 11) is -3.76. The monoisotopic (exact) mass is 456 g/mol. The third kappa shape index (κ3) is 6.11. The summed E-state index contributed by atoms with van der Waals surface area (Å²) in [5.41, 5.74) is 2.41. The molecule has 0 fully saturated rings. The van der Waals surface area contributed by atoms with Gasteiger partial charge in [0, 0.05) is 10.0 Å². The van der Waals surface area contributed by atoms with Crippen molar-refractivity contribution in [3.63, 3.8) is 0 Å². The largest absolute Gasteiger partial charge is 0.348 e. The van der Waals surface area contributed by atoms with Crippen molar-refractivity contribution in [2.45, 2.75) is 45.7 Å². The number of halogens is 2. The molecule has 5 nitrogen and oxygen atoms in total. The van der Waals surface area contributed by atoms with Gasteiger partial charge in [-0.25, -0.2) is 8.42 Å². The van der Waals surface area contributed by atoms with Crippen LogP contribution in [-0.2, 0) is 21.2 Å². The molecular weight excluding hydrogens is 431 g/mol. The number of carbonyl (C=O) groups is 1. The van der Waals surface area contributed by atoms with Crippen LogP contribution in [0.5, 0.6) is 0 Å². The number of hydrogen-bond donors (Lipinski definition) is 1. The number of benzene rings is 2. The number of anilines is 1. The van der Waals surface area contributed by atoms with Crippen LogP contribution in [0.3, 0.4) is 0 Å². The highest BCUT2D eigenvalue weighted by atomic mass is 35.5. The van der Waals surface area contributed by atoms with Gasteiger partial charge >= 0.3 is 0 Å². The summed E-state index contributed by atoms with van der Waals surface area (Å²) < 4.78 is 26.2. The molecule has 2 aromatic carbocycles. The van der Waals surface area contributed by atoms with Crippen molar-refractivity contribution in [1.29, 1.82) is 0 Å². The van der Waals surface area contributed by atoms with Crippen LogP contribution in [0, 0.1) is 0 Å². The first-order chi connectivity index (χ1) is 13.6. The highest BCUT2D eigenvalue weighted by Gasteiger charge is 2.32. The Morgan fingerprint density at radius 2 is 1.62 bits per heavy atom. The van der Waals surface area contributed by atoms with Crippen molar-refractivity contribution in [2.75, 3.05) is 10.6 Å². The topological polar surface area (TPSA) is 66.5 Å². The molecule has 0 saturated carbocycles. The Labute approximate surface area is 183 Å². The normalized spacial score (nSPS) is 13.6. The van der Waals surface area contributed by atoms with E-state index in [0.717, 1.165) is 22.5 Å². The van der Waals surface area contributed by atoms with E-state index in [4.69, 9.17) is 23.2 Å². The van der Waals surface area contributed by atoms with E-state index >= 15 is 0 Å². The molecule has 0 spiro atoms. The fourth-order valence-electron chi connectivity index (χ4n) is 3.16.